The van der Waals surface area contributed by atoms with Crippen LogP contribution in [0.15, 0.2) is 0 Å². The third kappa shape index (κ3) is 74.9. The minimum atomic E-state index is -4.96. The van der Waals surface area contributed by atoms with E-state index >= 15 is 0 Å². The molecule has 0 aromatic heterocycles. The van der Waals surface area contributed by atoms with Crippen molar-refractivity contribution in [2.45, 2.75) is 464 Å². The van der Waals surface area contributed by atoms with Crippen LogP contribution in [-0.2, 0) is 65.4 Å². The smallest absolute Gasteiger partial charge is 0.462 e. The van der Waals surface area contributed by atoms with Gasteiger partial charge in [0.25, 0.3) is 0 Å². The van der Waals surface area contributed by atoms with E-state index in [0.29, 0.717) is 25.7 Å². The van der Waals surface area contributed by atoms with Gasteiger partial charge >= 0.3 is 39.5 Å². The summed E-state index contributed by atoms with van der Waals surface area (Å²) in [5.74, 6) is -1.33. The highest BCUT2D eigenvalue weighted by Crippen LogP contribution is 2.45. The van der Waals surface area contributed by atoms with Crippen LogP contribution in [0.4, 0.5) is 0 Å². The Morgan fingerprint density at radius 3 is 0.696 bits per heavy atom. The van der Waals surface area contributed by atoms with E-state index in [-0.39, 0.29) is 25.7 Å². The fraction of sp³-hybridized carbons (Fsp3) is 0.952. The van der Waals surface area contributed by atoms with Gasteiger partial charge in [-0.3, -0.25) is 37.3 Å². The molecule has 606 valence electrons. The minimum absolute atomic E-state index is 0.106. The van der Waals surface area contributed by atoms with Crippen molar-refractivity contribution in [1.82, 2.24) is 0 Å². The summed E-state index contributed by atoms with van der Waals surface area (Å²) in [6.45, 7) is 7.34. The summed E-state index contributed by atoms with van der Waals surface area (Å²) in [6, 6.07) is 0. The molecule has 102 heavy (non-hydrogen) atoms. The van der Waals surface area contributed by atoms with Gasteiger partial charge < -0.3 is 33.8 Å². The largest absolute Gasteiger partial charge is 0.472 e. The van der Waals surface area contributed by atoms with Crippen LogP contribution in [0.1, 0.15) is 446 Å². The molecule has 0 saturated carbocycles. The molecule has 0 rings (SSSR count). The summed E-state index contributed by atoms with van der Waals surface area (Å²) in [7, 11) is -9.92. The van der Waals surface area contributed by atoms with Crippen LogP contribution in [0.2, 0.25) is 0 Å². The van der Waals surface area contributed by atoms with Crippen LogP contribution in [-0.4, -0.2) is 96.7 Å². The van der Waals surface area contributed by atoms with E-state index in [9.17, 15) is 43.2 Å². The Morgan fingerprint density at radius 2 is 0.471 bits per heavy atom. The third-order valence-corrected chi connectivity index (χ3v) is 21.8. The number of phosphoric ester groups is 2. The average Bonchev–Trinajstić information content (AvgIpc) is 1.04. The summed E-state index contributed by atoms with van der Waals surface area (Å²) in [5.41, 5.74) is 0. The van der Waals surface area contributed by atoms with Gasteiger partial charge in [-0.15, -0.1) is 0 Å². The molecule has 0 fully saturated rings. The summed E-state index contributed by atoms with van der Waals surface area (Å²) in [6.07, 6.45) is 68.0. The van der Waals surface area contributed by atoms with Gasteiger partial charge in [0.05, 0.1) is 26.4 Å². The summed E-state index contributed by atoms with van der Waals surface area (Å²) in [5, 5.41) is 10.7. The van der Waals surface area contributed by atoms with E-state index in [0.717, 1.165) is 95.8 Å². The highest BCUT2D eigenvalue weighted by Gasteiger charge is 2.30. The van der Waals surface area contributed by atoms with Crippen molar-refractivity contribution in [2.75, 3.05) is 39.6 Å². The standard InChI is InChI=1S/C83H162O17P2/c1-6-10-13-16-19-22-25-28-30-32-34-35-37-39-41-44-47-53-58-63-68-82(87)99-78(72-93-81(86)67-62-57-52-46-43-40-38-36-33-31-29-26-23-20-17-14-11-7-2)74-97-101(89,90)95-70-77(84)71-96-102(91,92)98-75-79(100-83(88)69-64-59-54-49-48-50-55-60-65-76(5)9-4)73-94-80(85)66-61-56-51-45-42-27-24-21-18-15-12-8-3/h76-79,84H,6-75H2,1-5H3,(H,89,90)(H,91,92)/t76?,77-,78-,79-/m1/s1. The molecular weight excluding hydrogens is 1330 g/mol. The zero-order chi connectivity index (χ0) is 74.8. The zero-order valence-corrected chi connectivity index (χ0v) is 68.5. The second-order valence-electron chi connectivity index (χ2n) is 30.1. The molecule has 0 aliphatic rings. The van der Waals surface area contributed by atoms with Gasteiger partial charge in [-0.05, 0) is 31.6 Å². The second kappa shape index (κ2) is 75.9. The average molecular weight is 1490 g/mol. The lowest BCUT2D eigenvalue weighted by Crippen LogP contribution is -2.30. The number of aliphatic hydroxyl groups is 1. The molecule has 17 nitrogen and oxygen atoms in total. The topological polar surface area (TPSA) is 237 Å². The molecule has 0 aromatic carbocycles. The molecule has 3 unspecified atom stereocenters. The normalized spacial score (nSPS) is 14.1. The maximum Gasteiger partial charge on any atom is 0.472 e. The van der Waals surface area contributed by atoms with Crippen LogP contribution < -0.4 is 0 Å². The van der Waals surface area contributed by atoms with E-state index < -0.39 is 97.5 Å². The highest BCUT2D eigenvalue weighted by atomic mass is 31.2. The highest BCUT2D eigenvalue weighted by molar-refractivity contribution is 7.47. The fourth-order valence-electron chi connectivity index (χ4n) is 12.9. The molecule has 0 aliphatic carbocycles. The van der Waals surface area contributed by atoms with Crippen molar-refractivity contribution in [3.8, 4) is 0 Å². The first-order valence-electron chi connectivity index (χ1n) is 43.2. The molecule has 19 heteroatoms. The van der Waals surface area contributed by atoms with Crippen molar-refractivity contribution in [1.29, 1.82) is 0 Å². The molecule has 0 spiro atoms. The minimum Gasteiger partial charge on any atom is -0.462 e. The number of carbonyl (C=O) groups excluding carboxylic acids is 4. The fourth-order valence-corrected chi connectivity index (χ4v) is 14.5. The first kappa shape index (κ1) is 100. The number of phosphoric acid groups is 2. The Labute approximate surface area is 626 Å². The first-order valence-corrected chi connectivity index (χ1v) is 46.2. The number of rotatable bonds is 83. The van der Waals surface area contributed by atoms with E-state index in [1.165, 1.54) is 270 Å². The third-order valence-electron chi connectivity index (χ3n) is 19.9. The summed E-state index contributed by atoms with van der Waals surface area (Å²) in [4.78, 5) is 73.1. The van der Waals surface area contributed by atoms with E-state index in [4.69, 9.17) is 37.0 Å². The van der Waals surface area contributed by atoms with Crippen LogP contribution in [0.3, 0.4) is 0 Å². The molecular formula is C83H162O17P2. The van der Waals surface area contributed by atoms with Crippen LogP contribution >= 0.6 is 15.6 Å². The maximum atomic E-state index is 13.1. The van der Waals surface area contributed by atoms with Gasteiger partial charge in [-0.2, -0.15) is 0 Å². The van der Waals surface area contributed by atoms with Crippen LogP contribution in [0.5, 0.6) is 0 Å². The zero-order valence-electron chi connectivity index (χ0n) is 66.8. The number of hydrogen-bond acceptors (Lipinski definition) is 15. The Bertz CT molecular complexity index is 1950. The molecule has 0 amide bonds. The Morgan fingerprint density at radius 1 is 0.275 bits per heavy atom. The van der Waals surface area contributed by atoms with E-state index in [1.807, 2.05) is 0 Å². The van der Waals surface area contributed by atoms with Crippen molar-refractivity contribution < 1.29 is 80.2 Å². The monoisotopic (exact) mass is 1490 g/mol. The van der Waals surface area contributed by atoms with Crippen molar-refractivity contribution in [2.24, 2.45) is 5.92 Å². The number of ether oxygens (including phenoxy) is 4. The Hall–Kier alpha value is -1.94. The number of unbranched alkanes of at least 4 members (excludes halogenated alkanes) is 54. The lowest BCUT2D eigenvalue weighted by Gasteiger charge is -2.21. The molecule has 0 radical (unpaired) electrons. The predicted molar refractivity (Wildman–Crippen MR) is 418 cm³/mol. The molecule has 0 heterocycles. The molecule has 0 bridgehead atoms. The van der Waals surface area contributed by atoms with Crippen molar-refractivity contribution >= 4 is 39.5 Å². The number of carbonyl (C=O) groups is 4. The first-order chi connectivity index (χ1) is 49.6. The number of esters is 4. The Kier molecular flexibility index (Phi) is 74.4. The lowest BCUT2D eigenvalue weighted by atomic mass is 9.99. The van der Waals surface area contributed by atoms with Crippen molar-refractivity contribution in [3.63, 3.8) is 0 Å². The second-order valence-corrected chi connectivity index (χ2v) is 33.0. The predicted octanol–water partition coefficient (Wildman–Crippen LogP) is 25.2. The molecule has 6 atom stereocenters. The van der Waals surface area contributed by atoms with Gasteiger partial charge in [0, 0.05) is 25.7 Å². The van der Waals surface area contributed by atoms with Gasteiger partial charge in [0.15, 0.2) is 12.2 Å². The maximum absolute atomic E-state index is 13.1. The Balaban J connectivity index is 5.23. The van der Waals surface area contributed by atoms with Gasteiger partial charge in [0.1, 0.15) is 19.3 Å². The lowest BCUT2D eigenvalue weighted by molar-refractivity contribution is -0.161. The molecule has 0 aliphatic heterocycles. The molecule has 3 N–H and O–H groups in total. The number of hydrogen-bond donors (Lipinski definition) is 3. The molecule has 0 aromatic rings. The molecule has 0 saturated heterocycles. The summed E-state index contributed by atoms with van der Waals surface area (Å²) >= 11 is 0. The van der Waals surface area contributed by atoms with Gasteiger partial charge in [-0.1, -0.05) is 394 Å². The van der Waals surface area contributed by atoms with Gasteiger partial charge in [0.2, 0.25) is 0 Å². The van der Waals surface area contributed by atoms with Crippen LogP contribution in [0.25, 0.3) is 0 Å². The van der Waals surface area contributed by atoms with Gasteiger partial charge in [-0.25, -0.2) is 9.13 Å². The van der Waals surface area contributed by atoms with Crippen molar-refractivity contribution in [3.05, 3.63) is 0 Å². The summed E-state index contributed by atoms with van der Waals surface area (Å²) < 4.78 is 68.8. The van der Waals surface area contributed by atoms with Crippen LogP contribution in [0, 0.1) is 5.92 Å². The number of aliphatic hydroxyl groups excluding tert-OH is 1. The quantitative estimate of drug-likeness (QED) is 0.0222. The van der Waals surface area contributed by atoms with E-state index in [1.54, 1.807) is 0 Å². The van der Waals surface area contributed by atoms with E-state index in [2.05, 4.69) is 34.6 Å². The SMILES string of the molecule is CCCCCCCCCCCCCCCCCCCCCCC(=O)O[C@H](COC(=O)CCCCCCCCCCCCCCCCCCCC)COP(=O)(O)OC[C@@H](O)COP(=O)(O)OC[C@@H](COC(=O)CCCCCCCCCCCCCC)OC(=O)CCCCCCCCCCC(C)CC.